The van der Waals surface area contributed by atoms with Crippen molar-refractivity contribution in [3.63, 3.8) is 0 Å². The summed E-state index contributed by atoms with van der Waals surface area (Å²) in [5.41, 5.74) is 4.99. The lowest BCUT2D eigenvalue weighted by molar-refractivity contribution is -0.134. The van der Waals surface area contributed by atoms with Gasteiger partial charge < -0.3 is 9.72 Å². The summed E-state index contributed by atoms with van der Waals surface area (Å²) in [7, 11) is 0. The number of nitrogens with zero attached hydrogens (tertiary/aromatic N) is 1. The van der Waals surface area contributed by atoms with Gasteiger partial charge in [0.25, 0.3) is 0 Å². The van der Waals surface area contributed by atoms with Crippen molar-refractivity contribution in [1.82, 2.24) is 9.97 Å². The number of carbonyl (C=O) groups is 1. The standard InChI is InChI=1S/C33H38N2O2/c1-2-3-4-5-6-7-8-9-16-21-30(36)37-29-24-22-28(23-25-29)33-34-31(26-17-12-10-13-18-26)32(35-33)27-19-14-11-15-20-27/h10-15,17-20,22-25H,2-9,16,21H2,1H3,(H,34,35). The lowest BCUT2D eigenvalue weighted by Gasteiger charge is -2.05. The number of esters is 1. The Bertz CT molecular complexity index is 1160. The van der Waals surface area contributed by atoms with E-state index in [1.807, 2.05) is 60.7 Å². The second-order valence-corrected chi connectivity index (χ2v) is 9.62. The molecule has 0 radical (unpaired) electrons. The van der Waals surface area contributed by atoms with Crippen molar-refractivity contribution in [2.24, 2.45) is 0 Å². The molecule has 1 aromatic heterocycles. The van der Waals surface area contributed by atoms with Crippen molar-refractivity contribution >= 4 is 5.97 Å². The molecule has 0 spiro atoms. The van der Waals surface area contributed by atoms with Gasteiger partial charge in [0, 0.05) is 23.1 Å². The number of hydrogen-bond donors (Lipinski definition) is 1. The Morgan fingerprint density at radius 3 is 1.86 bits per heavy atom. The van der Waals surface area contributed by atoms with Crippen molar-refractivity contribution in [1.29, 1.82) is 0 Å². The first kappa shape index (κ1) is 26.4. The molecule has 4 heteroatoms. The van der Waals surface area contributed by atoms with Gasteiger partial charge in [0.1, 0.15) is 11.6 Å². The third-order valence-corrected chi connectivity index (χ3v) is 6.66. The van der Waals surface area contributed by atoms with E-state index in [1.165, 1.54) is 44.9 Å². The van der Waals surface area contributed by atoms with Gasteiger partial charge in [-0.3, -0.25) is 4.79 Å². The van der Waals surface area contributed by atoms with Gasteiger partial charge in [0.2, 0.25) is 0 Å². The Balaban J connectivity index is 1.33. The molecule has 4 nitrogen and oxygen atoms in total. The van der Waals surface area contributed by atoms with Gasteiger partial charge in [-0.05, 0) is 30.7 Å². The van der Waals surface area contributed by atoms with Crippen molar-refractivity contribution < 1.29 is 9.53 Å². The van der Waals surface area contributed by atoms with Crippen LogP contribution in [0.25, 0.3) is 33.9 Å². The summed E-state index contributed by atoms with van der Waals surface area (Å²) < 4.78 is 5.58. The minimum Gasteiger partial charge on any atom is -0.427 e. The highest BCUT2D eigenvalue weighted by Crippen LogP contribution is 2.33. The smallest absolute Gasteiger partial charge is 0.311 e. The van der Waals surface area contributed by atoms with Gasteiger partial charge in [0.15, 0.2) is 0 Å². The number of hydrogen-bond acceptors (Lipinski definition) is 3. The van der Waals surface area contributed by atoms with Gasteiger partial charge in [-0.1, -0.05) is 119 Å². The van der Waals surface area contributed by atoms with Crippen LogP contribution in [0.3, 0.4) is 0 Å². The molecule has 0 unspecified atom stereocenters. The lowest BCUT2D eigenvalue weighted by atomic mass is 10.1. The van der Waals surface area contributed by atoms with Crippen LogP contribution in [0.15, 0.2) is 84.9 Å². The molecule has 0 aliphatic carbocycles. The molecule has 4 rings (SSSR count). The Hall–Kier alpha value is -3.66. The Morgan fingerprint density at radius 2 is 1.24 bits per heavy atom. The van der Waals surface area contributed by atoms with Crippen LogP contribution in [0, 0.1) is 0 Å². The minimum absolute atomic E-state index is 0.161. The molecule has 4 aromatic rings. The third-order valence-electron chi connectivity index (χ3n) is 6.66. The zero-order chi connectivity index (χ0) is 25.7. The van der Waals surface area contributed by atoms with Crippen LogP contribution >= 0.6 is 0 Å². The van der Waals surface area contributed by atoms with E-state index < -0.39 is 0 Å². The fraction of sp³-hybridized carbons (Fsp3) is 0.333. The summed E-state index contributed by atoms with van der Waals surface area (Å²) in [6.07, 6.45) is 11.6. The van der Waals surface area contributed by atoms with Crippen LogP contribution in [0.2, 0.25) is 0 Å². The van der Waals surface area contributed by atoms with Crippen LogP contribution in [0.4, 0.5) is 0 Å². The van der Waals surface area contributed by atoms with Gasteiger partial charge >= 0.3 is 5.97 Å². The second-order valence-electron chi connectivity index (χ2n) is 9.62. The van der Waals surface area contributed by atoms with Crippen LogP contribution in [-0.2, 0) is 4.79 Å². The first-order valence-corrected chi connectivity index (χ1v) is 13.8. The van der Waals surface area contributed by atoms with Crippen LogP contribution in [0.1, 0.15) is 71.1 Å². The van der Waals surface area contributed by atoms with E-state index in [1.54, 1.807) is 0 Å². The van der Waals surface area contributed by atoms with E-state index in [9.17, 15) is 4.79 Å². The highest BCUT2D eigenvalue weighted by molar-refractivity contribution is 5.81. The molecule has 0 atom stereocenters. The second kappa shape index (κ2) is 14.2. The number of H-pyrrole nitrogens is 1. The van der Waals surface area contributed by atoms with Crippen molar-refractivity contribution in [2.75, 3.05) is 0 Å². The predicted molar refractivity (Wildman–Crippen MR) is 152 cm³/mol. The maximum Gasteiger partial charge on any atom is 0.311 e. The maximum absolute atomic E-state index is 12.3. The predicted octanol–water partition coefficient (Wildman–Crippen LogP) is 9.24. The van der Waals surface area contributed by atoms with Crippen molar-refractivity contribution in [3.05, 3.63) is 84.9 Å². The van der Waals surface area contributed by atoms with Gasteiger partial charge in [-0.15, -0.1) is 0 Å². The van der Waals surface area contributed by atoms with Crippen molar-refractivity contribution in [2.45, 2.75) is 71.1 Å². The number of ether oxygens (including phenoxy) is 1. The number of nitrogens with one attached hydrogen (secondary N) is 1. The van der Waals surface area contributed by atoms with Crippen LogP contribution in [0.5, 0.6) is 5.75 Å². The number of imidazole rings is 1. The SMILES string of the molecule is CCCCCCCCCCCC(=O)Oc1ccc(-c2nc(-c3ccccc3)c(-c3ccccc3)[nH]2)cc1. The first-order chi connectivity index (χ1) is 18.2. The van der Waals surface area contributed by atoms with Gasteiger partial charge in [-0.2, -0.15) is 0 Å². The highest BCUT2D eigenvalue weighted by Gasteiger charge is 2.15. The molecule has 0 saturated heterocycles. The maximum atomic E-state index is 12.3. The molecule has 0 bridgehead atoms. The quantitative estimate of drug-likeness (QED) is 0.108. The minimum atomic E-state index is -0.161. The summed E-state index contributed by atoms with van der Waals surface area (Å²) in [5.74, 6) is 1.19. The molecule has 0 fully saturated rings. The largest absolute Gasteiger partial charge is 0.427 e. The molecule has 0 aliphatic rings. The Labute approximate surface area is 221 Å². The average molecular weight is 495 g/mol. The van der Waals surface area contributed by atoms with E-state index in [2.05, 4.69) is 36.2 Å². The van der Waals surface area contributed by atoms with E-state index >= 15 is 0 Å². The van der Waals surface area contributed by atoms with E-state index in [-0.39, 0.29) is 5.97 Å². The van der Waals surface area contributed by atoms with Gasteiger partial charge in [0.05, 0.1) is 11.4 Å². The monoisotopic (exact) mass is 494 g/mol. The van der Waals surface area contributed by atoms with Crippen LogP contribution < -0.4 is 4.74 Å². The number of carbonyl (C=O) groups excluding carboxylic acids is 1. The molecular weight excluding hydrogens is 456 g/mol. The van der Waals surface area contributed by atoms with E-state index in [4.69, 9.17) is 9.72 Å². The average Bonchev–Trinajstić information content (AvgIpc) is 3.39. The summed E-state index contributed by atoms with van der Waals surface area (Å²) in [6, 6.07) is 28.0. The van der Waals surface area contributed by atoms with Crippen molar-refractivity contribution in [3.8, 4) is 39.7 Å². The fourth-order valence-electron chi connectivity index (χ4n) is 4.57. The van der Waals surface area contributed by atoms with Crippen LogP contribution in [-0.4, -0.2) is 15.9 Å². The Kier molecular flexibility index (Phi) is 10.1. The van der Waals surface area contributed by atoms with E-state index in [0.29, 0.717) is 12.2 Å². The first-order valence-electron chi connectivity index (χ1n) is 13.8. The summed E-state index contributed by atoms with van der Waals surface area (Å²) in [4.78, 5) is 20.7. The number of rotatable bonds is 14. The number of aromatic nitrogens is 2. The summed E-state index contributed by atoms with van der Waals surface area (Å²) in [6.45, 7) is 2.25. The number of unbranched alkanes of at least 4 members (excludes halogenated alkanes) is 8. The number of benzene rings is 3. The topological polar surface area (TPSA) is 55.0 Å². The zero-order valence-electron chi connectivity index (χ0n) is 21.9. The summed E-state index contributed by atoms with van der Waals surface area (Å²) >= 11 is 0. The molecule has 37 heavy (non-hydrogen) atoms. The fourth-order valence-corrected chi connectivity index (χ4v) is 4.57. The molecule has 0 amide bonds. The number of aromatic amines is 1. The summed E-state index contributed by atoms with van der Waals surface area (Å²) in [5, 5.41) is 0. The molecule has 1 N–H and O–H groups in total. The lowest BCUT2D eigenvalue weighted by Crippen LogP contribution is -2.07. The molecular formula is C33H38N2O2. The molecule has 192 valence electrons. The molecule has 3 aromatic carbocycles. The molecule has 0 aliphatic heterocycles. The van der Waals surface area contributed by atoms with Gasteiger partial charge in [-0.25, -0.2) is 4.98 Å². The third kappa shape index (κ3) is 7.91. The zero-order valence-corrected chi connectivity index (χ0v) is 21.9. The molecule has 1 heterocycles. The molecule has 0 saturated carbocycles. The Morgan fingerprint density at radius 1 is 0.676 bits per heavy atom. The highest BCUT2D eigenvalue weighted by atomic mass is 16.5. The normalized spacial score (nSPS) is 10.9. The van der Waals surface area contributed by atoms with E-state index in [0.717, 1.165) is 46.7 Å².